The molecule has 4 heterocycles. The first kappa shape index (κ1) is 28.5. The Morgan fingerprint density at radius 1 is 0.778 bits per heavy atom. The van der Waals surface area contributed by atoms with Gasteiger partial charge < -0.3 is 19.8 Å². The average molecular weight is 603 g/mol. The highest BCUT2D eigenvalue weighted by atomic mass is 16.6. The lowest BCUT2D eigenvalue weighted by Gasteiger charge is -2.33. The highest BCUT2D eigenvalue weighted by molar-refractivity contribution is 5.79. The maximum absolute atomic E-state index is 13.1. The molecule has 2 aliphatic heterocycles. The highest BCUT2D eigenvalue weighted by Crippen LogP contribution is 2.32. The summed E-state index contributed by atoms with van der Waals surface area (Å²) in [6, 6.07) is 20.9. The molecule has 0 aliphatic carbocycles. The van der Waals surface area contributed by atoms with Gasteiger partial charge in [0.25, 0.3) is 0 Å². The van der Waals surface area contributed by atoms with Crippen molar-refractivity contribution in [3.05, 3.63) is 95.1 Å². The number of hydrogen-bond donors (Lipinski definition) is 3. The molecule has 7 rings (SSSR count). The second-order valence-electron chi connectivity index (χ2n) is 11.7. The molecule has 45 heavy (non-hydrogen) atoms. The van der Waals surface area contributed by atoms with Crippen molar-refractivity contribution in [2.24, 2.45) is 0 Å². The van der Waals surface area contributed by atoms with Crippen molar-refractivity contribution >= 4 is 34.3 Å². The third kappa shape index (κ3) is 6.07. The number of H-pyrrole nitrogens is 2. The Morgan fingerprint density at radius 2 is 1.33 bits per heavy atom. The monoisotopic (exact) mass is 602 g/mol. The van der Waals surface area contributed by atoms with Crippen molar-refractivity contribution in [1.82, 2.24) is 29.7 Å². The summed E-state index contributed by atoms with van der Waals surface area (Å²) in [5.74, 6) is 7.94. The molecule has 0 unspecified atom stereocenters. The van der Waals surface area contributed by atoms with Gasteiger partial charge in [-0.2, -0.15) is 0 Å². The fraction of sp³-hybridized carbons (Fsp3) is 0.314. The van der Waals surface area contributed by atoms with Gasteiger partial charge in [-0.3, -0.25) is 9.80 Å². The van der Waals surface area contributed by atoms with Crippen molar-refractivity contribution in [2.45, 2.75) is 57.2 Å². The number of benzene rings is 3. The van der Waals surface area contributed by atoms with Crippen molar-refractivity contribution < 1.29 is 19.4 Å². The van der Waals surface area contributed by atoms with E-state index in [0.717, 1.165) is 83.1 Å². The Balaban J connectivity index is 1.07. The second-order valence-corrected chi connectivity index (χ2v) is 11.7. The molecule has 0 saturated carbocycles. The Labute approximate surface area is 260 Å². The van der Waals surface area contributed by atoms with Gasteiger partial charge in [-0.25, -0.2) is 19.6 Å². The van der Waals surface area contributed by atoms with E-state index in [1.54, 1.807) is 4.90 Å². The number of nitrogens with one attached hydrogen (secondary N) is 2. The average Bonchev–Trinajstić information content (AvgIpc) is 3.70. The fourth-order valence-corrected chi connectivity index (χ4v) is 6.36. The number of fused-ring (bicyclic) bond motifs is 2. The Kier molecular flexibility index (Phi) is 7.82. The molecular weight excluding hydrogens is 568 g/mol. The lowest BCUT2D eigenvalue weighted by molar-refractivity contribution is 0.0661. The van der Waals surface area contributed by atoms with Crippen LogP contribution in [0.25, 0.3) is 22.1 Å². The van der Waals surface area contributed by atoms with Gasteiger partial charge in [0, 0.05) is 24.2 Å². The Hall–Kier alpha value is -5.30. The molecule has 5 aromatic rings. The van der Waals surface area contributed by atoms with Crippen molar-refractivity contribution in [2.75, 3.05) is 13.1 Å². The molecule has 0 spiro atoms. The van der Waals surface area contributed by atoms with E-state index in [-0.39, 0.29) is 24.8 Å². The zero-order valence-electron chi connectivity index (χ0n) is 24.8. The first-order valence-electron chi connectivity index (χ1n) is 15.5. The smallest absolute Gasteiger partial charge is 0.410 e. The third-order valence-corrected chi connectivity index (χ3v) is 8.67. The summed E-state index contributed by atoms with van der Waals surface area (Å²) >= 11 is 0. The van der Waals surface area contributed by atoms with Gasteiger partial charge in [0.1, 0.15) is 18.3 Å². The summed E-state index contributed by atoms with van der Waals surface area (Å²) in [6.07, 6.45) is 4.14. The van der Waals surface area contributed by atoms with Crippen LogP contribution in [0.3, 0.4) is 0 Å². The molecule has 2 amide bonds. The minimum atomic E-state index is -0.912. The quantitative estimate of drug-likeness (QED) is 0.192. The molecule has 2 atom stereocenters. The first-order valence-corrected chi connectivity index (χ1v) is 15.5. The molecule has 2 saturated heterocycles. The number of ether oxygens (including phenoxy) is 1. The number of imidazole rings is 2. The van der Waals surface area contributed by atoms with Crippen LogP contribution < -0.4 is 0 Å². The molecule has 2 aliphatic rings. The second kappa shape index (κ2) is 12.4. The number of carboxylic acid groups (broad SMARTS) is 1. The van der Waals surface area contributed by atoms with Gasteiger partial charge in [-0.05, 0) is 80.5 Å². The fourth-order valence-electron chi connectivity index (χ4n) is 6.36. The van der Waals surface area contributed by atoms with Crippen LogP contribution in [0.4, 0.5) is 9.59 Å². The first-order chi connectivity index (χ1) is 22.0. The number of carbonyl (C=O) groups excluding carboxylic acids is 1. The van der Waals surface area contributed by atoms with Gasteiger partial charge in [0.2, 0.25) is 0 Å². The van der Waals surface area contributed by atoms with Crippen LogP contribution in [0.2, 0.25) is 0 Å². The number of aromatic amines is 2. The molecule has 2 fully saturated rings. The number of likely N-dealkylation sites (tertiary alicyclic amines) is 2. The number of carbonyl (C=O) groups is 2. The van der Waals surface area contributed by atoms with Gasteiger partial charge in [-0.15, -0.1) is 0 Å². The predicted octanol–water partition coefficient (Wildman–Crippen LogP) is 6.91. The highest BCUT2D eigenvalue weighted by Gasteiger charge is 2.32. The summed E-state index contributed by atoms with van der Waals surface area (Å²) in [7, 11) is 0. The normalized spacial score (nSPS) is 18.5. The molecule has 0 bridgehead atoms. The molecule has 228 valence electrons. The molecule has 0 radical (unpaired) electrons. The number of aromatic nitrogens is 4. The molecule has 2 aromatic heterocycles. The molecule has 10 nitrogen and oxygen atoms in total. The summed E-state index contributed by atoms with van der Waals surface area (Å²) in [4.78, 5) is 44.4. The summed E-state index contributed by atoms with van der Waals surface area (Å²) in [5.41, 5.74) is 5.93. The van der Waals surface area contributed by atoms with Crippen LogP contribution in [0, 0.1) is 11.8 Å². The maximum atomic E-state index is 13.1. The zero-order valence-corrected chi connectivity index (χ0v) is 24.8. The molecule has 3 N–H and O–H groups in total. The van der Waals surface area contributed by atoms with Crippen LogP contribution in [-0.2, 0) is 11.3 Å². The van der Waals surface area contributed by atoms with E-state index < -0.39 is 6.09 Å². The molecule has 3 aromatic carbocycles. The summed E-state index contributed by atoms with van der Waals surface area (Å²) in [6.45, 7) is 1.40. The largest absolute Gasteiger partial charge is 0.465 e. The minimum Gasteiger partial charge on any atom is -0.465 e. The lowest BCUT2D eigenvalue weighted by Crippen LogP contribution is -2.39. The van der Waals surface area contributed by atoms with Gasteiger partial charge in [0.15, 0.2) is 0 Å². The summed E-state index contributed by atoms with van der Waals surface area (Å²) < 4.78 is 5.65. The van der Waals surface area contributed by atoms with Crippen LogP contribution >= 0.6 is 0 Å². The number of piperidine rings is 2. The summed E-state index contributed by atoms with van der Waals surface area (Å²) in [5, 5.41) is 9.63. The van der Waals surface area contributed by atoms with Crippen LogP contribution in [-0.4, -0.2) is 60.1 Å². The van der Waals surface area contributed by atoms with Crippen LogP contribution in [0.15, 0.2) is 66.7 Å². The topological polar surface area (TPSA) is 127 Å². The number of amides is 2. The van der Waals surface area contributed by atoms with Crippen LogP contribution in [0.5, 0.6) is 0 Å². The Bertz CT molecular complexity index is 1920. The predicted molar refractivity (Wildman–Crippen MR) is 169 cm³/mol. The van der Waals surface area contributed by atoms with Gasteiger partial charge in [-0.1, -0.05) is 42.2 Å². The van der Waals surface area contributed by atoms with Crippen molar-refractivity contribution in [3.8, 4) is 11.8 Å². The third-order valence-electron chi connectivity index (χ3n) is 8.67. The minimum absolute atomic E-state index is 0.175. The van der Waals surface area contributed by atoms with E-state index >= 15 is 0 Å². The standard InChI is InChI=1S/C35H34N6O4/c42-34(43)40-18-6-4-10-30(40)32-36-26-16-14-23(20-28(26)38-32)12-13-24-15-17-27-29(21-24)39-33(37-27)31-11-5-7-19-41(31)35(44)45-22-25-8-2-1-3-9-25/h1-3,8-9,14-17,20-21,30-31H,4-7,10-11,18-19,22H2,(H,36,38)(H,37,39)(H,42,43)/t30-,31-/m0/s1. The van der Waals surface area contributed by atoms with E-state index in [9.17, 15) is 14.7 Å². The maximum Gasteiger partial charge on any atom is 0.410 e. The Morgan fingerprint density at radius 3 is 1.91 bits per heavy atom. The van der Waals surface area contributed by atoms with Crippen molar-refractivity contribution in [3.63, 3.8) is 0 Å². The number of hydrogen-bond acceptors (Lipinski definition) is 5. The lowest BCUT2D eigenvalue weighted by atomic mass is 10.0. The van der Waals surface area contributed by atoms with E-state index in [0.29, 0.717) is 18.9 Å². The van der Waals surface area contributed by atoms with Gasteiger partial charge >= 0.3 is 12.2 Å². The number of nitrogens with zero attached hydrogens (tertiary/aromatic N) is 4. The van der Waals surface area contributed by atoms with E-state index in [1.165, 1.54) is 4.90 Å². The molecular formula is C35H34N6O4. The van der Waals surface area contributed by atoms with E-state index in [1.807, 2.05) is 66.7 Å². The molecule has 10 heteroatoms. The van der Waals surface area contributed by atoms with E-state index in [2.05, 4.69) is 21.8 Å². The van der Waals surface area contributed by atoms with Crippen molar-refractivity contribution in [1.29, 1.82) is 0 Å². The number of rotatable bonds is 4. The zero-order chi connectivity index (χ0) is 30.8. The van der Waals surface area contributed by atoms with E-state index in [4.69, 9.17) is 14.7 Å². The van der Waals surface area contributed by atoms with Crippen LogP contribution in [0.1, 0.15) is 78.9 Å². The SMILES string of the molecule is O=C(O)N1CCCC[C@H]1c1nc2ccc(C#Cc3ccc4nc([C@@H]5CCCCN5C(=O)OCc5ccccc5)[nH]c4c3)cc2[nH]1. The van der Waals surface area contributed by atoms with Gasteiger partial charge in [0.05, 0.1) is 34.2 Å².